The molecule has 4 rings (SSSR count). The first-order valence-corrected chi connectivity index (χ1v) is 13.3. The van der Waals surface area contributed by atoms with E-state index in [2.05, 4.69) is 20.9 Å². The van der Waals surface area contributed by atoms with Gasteiger partial charge < -0.3 is 16.0 Å². The second kappa shape index (κ2) is 13.7. The zero-order valence-corrected chi connectivity index (χ0v) is 22.6. The largest absolute Gasteiger partial charge is 0.321 e. The number of anilines is 2. The fraction of sp³-hybridized carbons (Fsp3) is 0.0667. The molecular weight excluding hydrogens is 542 g/mol. The Morgan fingerprint density at radius 3 is 2.20 bits per heavy atom. The summed E-state index contributed by atoms with van der Waals surface area (Å²) >= 11 is 1.35. The van der Waals surface area contributed by atoms with E-state index in [9.17, 15) is 24.5 Å². The van der Waals surface area contributed by atoms with Crippen molar-refractivity contribution in [2.24, 2.45) is 0 Å². The standard InChI is InChI=1S/C30H25N5O5S/c1-20(28(36)34-27-9-5-6-18-31-27)41-25-16-12-23(13-17-25)32-30(38)26(33-29(37)22-7-3-2-4-8-22)19-21-10-14-24(15-11-21)35(39)40/h2-20H,1H3,(H,32,38)(H,33,37)(H,31,34,36)/b26-19-. The Hall–Kier alpha value is -5.29. The number of nitro benzene ring substituents is 1. The second-order valence-corrected chi connectivity index (χ2v) is 10.1. The SMILES string of the molecule is CC(Sc1ccc(NC(=O)/C(=C/c2ccc([N+](=O)[O-])cc2)NC(=O)c2ccccc2)cc1)C(=O)Nc1ccccn1. The molecule has 3 aromatic carbocycles. The van der Waals surface area contributed by atoms with Gasteiger partial charge in [0.1, 0.15) is 11.5 Å². The van der Waals surface area contributed by atoms with Crippen LogP contribution in [0.4, 0.5) is 17.2 Å². The van der Waals surface area contributed by atoms with Crippen LogP contribution in [0.1, 0.15) is 22.8 Å². The highest BCUT2D eigenvalue weighted by molar-refractivity contribution is 8.00. The van der Waals surface area contributed by atoms with Crippen LogP contribution < -0.4 is 16.0 Å². The molecule has 0 saturated heterocycles. The summed E-state index contributed by atoms with van der Waals surface area (Å²) in [6.07, 6.45) is 3.03. The van der Waals surface area contributed by atoms with E-state index in [1.54, 1.807) is 85.9 Å². The van der Waals surface area contributed by atoms with Crippen LogP contribution in [0.25, 0.3) is 6.08 Å². The number of pyridine rings is 1. The first-order chi connectivity index (χ1) is 19.8. The number of carbonyl (C=O) groups is 3. The molecule has 3 amide bonds. The molecule has 41 heavy (non-hydrogen) atoms. The van der Waals surface area contributed by atoms with Gasteiger partial charge in [-0.1, -0.05) is 24.3 Å². The third kappa shape index (κ3) is 8.35. The summed E-state index contributed by atoms with van der Waals surface area (Å²) < 4.78 is 0. The van der Waals surface area contributed by atoms with Crippen LogP contribution in [0.3, 0.4) is 0 Å². The van der Waals surface area contributed by atoms with Crippen LogP contribution in [0.15, 0.2) is 114 Å². The van der Waals surface area contributed by atoms with Crippen molar-refractivity contribution in [1.82, 2.24) is 10.3 Å². The lowest BCUT2D eigenvalue weighted by Crippen LogP contribution is -2.30. The summed E-state index contributed by atoms with van der Waals surface area (Å²) in [5.41, 5.74) is 1.17. The van der Waals surface area contributed by atoms with Crippen LogP contribution in [0, 0.1) is 10.1 Å². The van der Waals surface area contributed by atoms with E-state index in [-0.39, 0.29) is 17.3 Å². The second-order valence-electron chi connectivity index (χ2n) is 8.67. The molecule has 0 aliphatic heterocycles. The molecule has 0 bridgehead atoms. The van der Waals surface area contributed by atoms with E-state index in [0.717, 1.165) is 4.90 Å². The number of thioether (sulfide) groups is 1. The van der Waals surface area contributed by atoms with E-state index in [1.165, 1.54) is 42.1 Å². The van der Waals surface area contributed by atoms with E-state index in [0.29, 0.717) is 22.6 Å². The summed E-state index contributed by atoms with van der Waals surface area (Å²) in [4.78, 5) is 53.9. The van der Waals surface area contributed by atoms with E-state index in [4.69, 9.17) is 0 Å². The van der Waals surface area contributed by atoms with Gasteiger partial charge in [0.05, 0.1) is 10.2 Å². The van der Waals surface area contributed by atoms with Gasteiger partial charge in [0.25, 0.3) is 17.5 Å². The number of hydrogen-bond acceptors (Lipinski definition) is 7. The Morgan fingerprint density at radius 1 is 0.878 bits per heavy atom. The maximum Gasteiger partial charge on any atom is 0.272 e. The van der Waals surface area contributed by atoms with E-state index >= 15 is 0 Å². The number of carbonyl (C=O) groups excluding carboxylic acids is 3. The number of nitro groups is 1. The molecule has 1 atom stereocenters. The maximum atomic E-state index is 13.2. The molecule has 4 aromatic rings. The highest BCUT2D eigenvalue weighted by Crippen LogP contribution is 2.26. The molecule has 0 radical (unpaired) electrons. The number of rotatable bonds is 10. The first kappa shape index (κ1) is 28.7. The van der Waals surface area contributed by atoms with E-state index < -0.39 is 22.0 Å². The molecule has 206 valence electrons. The molecule has 0 spiro atoms. The minimum atomic E-state index is -0.587. The minimum absolute atomic E-state index is 0.0500. The Bertz CT molecular complexity index is 1560. The van der Waals surface area contributed by atoms with Crippen molar-refractivity contribution in [1.29, 1.82) is 0 Å². The van der Waals surface area contributed by atoms with Gasteiger partial charge in [-0.05, 0) is 79.2 Å². The minimum Gasteiger partial charge on any atom is -0.321 e. The number of hydrogen-bond donors (Lipinski definition) is 3. The van der Waals surface area contributed by atoms with Crippen LogP contribution in [-0.2, 0) is 9.59 Å². The molecule has 0 aliphatic rings. The number of nitrogens with zero attached hydrogens (tertiary/aromatic N) is 2. The summed E-state index contributed by atoms with van der Waals surface area (Å²) in [6.45, 7) is 1.78. The molecule has 0 fully saturated rings. The van der Waals surface area contributed by atoms with Gasteiger partial charge in [0.2, 0.25) is 5.91 Å². The summed E-state index contributed by atoms with van der Waals surface area (Å²) in [6, 6.07) is 26.2. The number of aromatic nitrogens is 1. The molecule has 3 N–H and O–H groups in total. The zero-order valence-electron chi connectivity index (χ0n) is 21.8. The maximum absolute atomic E-state index is 13.2. The number of nitrogens with one attached hydrogen (secondary N) is 3. The van der Waals surface area contributed by atoms with E-state index in [1.807, 2.05) is 0 Å². The van der Waals surface area contributed by atoms with Crippen molar-refractivity contribution in [2.45, 2.75) is 17.1 Å². The molecule has 1 aromatic heterocycles. The molecule has 0 saturated carbocycles. The van der Waals surface area contributed by atoms with Crippen LogP contribution in [-0.4, -0.2) is 32.9 Å². The van der Waals surface area contributed by atoms with Gasteiger partial charge in [-0.25, -0.2) is 4.98 Å². The Balaban J connectivity index is 1.45. The van der Waals surface area contributed by atoms with Gasteiger partial charge in [-0.15, -0.1) is 11.8 Å². The van der Waals surface area contributed by atoms with Crippen molar-refractivity contribution in [3.05, 3.63) is 130 Å². The van der Waals surface area contributed by atoms with Gasteiger partial charge >= 0.3 is 0 Å². The lowest BCUT2D eigenvalue weighted by molar-refractivity contribution is -0.384. The van der Waals surface area contributed by atoms with Crippen LogP contribution in [0.5, 0.6) is 0 Å². The van der Waals surface area contributed by atoms with Crippen LogP contribution >= 0.6 is 11.8 Å². The predicted molar refractivity (Wildman–Crippen MR) is 158 cm³/mol. The summed E-state index contributed by atoms with van der Waals surface area (Å²) in [5, 5.41) is 18.7. The van der Waals surface area contributed by atoms with Crippen molar-refractivity contribution >= 4 is 52.8 Å². The normalized spacial score (nSPS) is 11.7. The molecule has 0 aliphatic carbocycles. The number of benzene rings is 3. The number of amides is 3. The lowest BCUT2D eigenvalue weighted by atomic mass is 10.1. The predicted octanol–water partition coefficient (Wildman–Crippen LogP) is 5.52. The Labute approximate surface area is 240 Å². The average molecular weight is 568 g/mol. The third-order valence-electron chi connectivity index (χ3n) is 5.65. The highest BCUT2D eigenvalue weighted by atomic mass is 32.2. The van der Waals surface area contributed by atoms with Gasteiger partial charge in [0, 0.05) is 34.5 Å². The monoisotopic (exact) mass is 567 g/mol. The smallest absolute Gasteiger partial charge is 0.272 e. The average Bonchev–Trinajstić information content (AvgIpc) is 2.99. The Morgan fingerprint density at radius 2 is 1.56 bits per heavy atom. The molecular formula is C30H25N5O5S. The van der Waals surface area contributed by atoms with Crippen molar-refractivity contribution in [3.63, 3.8) is 0 Å². The van der Waals surface area contributed by atoms with Crippen LogP contribution in [0.2, 0.25) is 0 Å². The fourth-order valence-corrected chi connectivity index (χ4v) is 4.41. The van der Waals surface area contributed by atoms with Crippen molar-refractivity contribution in [3.8, 4) is 0 Å². The quantitative estimate of drug-likeness (QED) is 0.0991. The van der Waals surface area contributed by atoms with Crippen molar-refractivity contribution in [2.75, 3.05) is 10.6 Å². The summed E-state index contributed by atoms with van der Waals surface area (Å²) in [7, 11) is 0. The fourth-order valence-electron chi connectivity index (χ4n) is 3.54. The van der Waals surface area contributed by atoms with Gasteiger partial charge in [-0.3, -0.25) is 24.5 Å². The molecule has 1 unspecified atom stereocenters. The highest BCUT2D eigenvalue weighted by Gasteiger charge is 2.17. The number of non-ortho nitro benzene ring substituents is 1. The third-order valence-corrected chi connectivity index (χ3v) is 6.77. The molecule has 10 nitrogen and oxygen atoms in total. The van der Waals surface area contributed by atoms with Gasteiger partial charge in [-0.2, -0.15) is 0 Å². The first-order valence-electron chi connectivity index (χ1n) is 12.4. The molecule has 1 heterocycles. The lowest BCUT2D eigenvalue weighted by Gasteiger charge is -2.13. The van der Waals surface area contributed by atoms with Gasteiger partial charge in [0.15, 0.2) is 0 Å². The summed E-state index contributed by atoms with van der Waals surface area (Å²) in [5.74, 6) is -0.795. The zero-order chi connectivity index (χ0) is 29.2. The Kier molecular flexibility index (Phi) is 9.57. The topological polar surface area (TPSA) is 143 Å². The van der Waals surface area contributed by atoms with Crippen molar-refractivity contribution < 1.29 is 19.3 Å². The molecule has 11 heteroatoms.